The fourth-order valence-electron chi connectivity index (χ4n) is 1.28. The number of methoxy groups -OCH3 is 1. The Morgan fingerprint density at radius 3 is 2.74 bits per heavy atom. The number of rotatable bonds is 6. The lowest BCUT2D eigenvalue weighted by Crippen LogP contribution is -2.07. The number of benzene rings is 1. The molecule has 0 atom stereocenters. The molecule has 6 heteroatoms. The molecule has 0 N–H and O–H groups in total. The molecule has 0 radical (unpaired) electrons. The number of nitrogens with zero attached hydrogens (tertiary/aromatic N) is 3. The molecule has 0 aromatic heterocycles. The van der Waals surface area contributed by atoms with E-state index in [0.717, 1.165) is 0 Å². The van der Waals surface area contributed by atoms with Crippen LogP contribution in [-0.2, 0) is 4.74 Å². The summed E-state index contributed by atoms with van der Waals surface area (Å²) in [6, 6.07) is 4.49. The maximum absolute atomic E-state index is 13.7. The lowest BCUT2D eigenvalue weighted by molar-refractivity contribution is 0.146. The van der Waals surface area contributed by atoms with Gasteiger partial charge in [0.2, 0.25) is 0 Å². The van der Waals surface area contributed by atoms with Gasteiger partial charge in [-0.2, -0.15) is 5.26 Å². The molecular formula is C13H16FN3O2. The van der Waals surface area contributed by atoms with Gasteiger partial charge >= 0.3 is 0 Å². The van der Waals surface area contributed by atoms with Crippen LogP contribution in [0.25, 0.3) is 0 Å². The molecule has 0 amide bonds. The predicted molar refractivity (Wildman–Crippen MR) is 70.3 cm³/mol. The lowest BCUT2D eigenvalue weighted by Gasteiger charge is -2.08. The van der Waals surface area contributed by atoms with Crippen LogP contribution >= 0.6 is 0 Å². The third-order valence-electron chi connectivity index (χ3n) is 2.14. The molecule has 19 heavy (non-hydrogen) atoms. The molecule has 0 unspecified atom stereocenters. The average Bonchev–Trinajstić information content (AvgIpc) is 2.36. The van der Waals surface area contributed by atoms with Gasteiger partial charge in [-0.15, -0.1) is 0 Å². The summed E-state index contributed by atoms with van der Waals surface area (Å²) in [5, 5.41) is 8.93. The summed E-state index contributed by atoms with van der Waals surface area (Å²) < 4.78 is 23.9. The van der Waals surface area contributed by atoms with Gasteiger partial charge in [0.05, 0.1) is 18.6 Å². The fraction of sp³-hybridized carbons (Fsp3) is 0.385. The molecule has 0 saturated heterocycles. The molecule has 0 bridgehead atoms. The molecule has 0 aliphatic heterocycles. The van der Waals surface area contributed by atoms with Crippen molar-refractivity contribution in [1.29, 1.82) is 5.26 Å². The van der Waals surface area contributed by atoms with Crippen LogP contribution in [-0.4, -0.2) is 45.7 Å². The highest BCUT2D eigenvalue weighted by molar-refractivity contribution is 5.66. The number of nitriles is 1. The summed E-state index contributed by atoms with van der Waals surface area (Å²) in [7, 11) is 5.12. The van der Waals surface area contributed by atoms with E-state index in [1.54, 1.807) is 32.2 Å². The van der Waals surface area contributed by atoms with Crippen LogP contribution in [0.5, 0.6) is 5.75 Å². The highest BCUT2D eigenvalue weighted by Crippen LogP contribution is 2.27. The van der Waals surface area contributed by atoms with E-state index in [4.69, 9.17) is 14.7 Å². The summed E-state index contributed by atoms with van der Waals surface area (Å²) in [5.74, 6) is -0.331. The molecule has 102 valence electrons. The Hall–Kier alpha value is -2.13. The van der Waals surface area contributed by atoms with Crippen LogP contribution in [0.2, 0.25) is 0 Å². The van der Waals surface area contributed by atoms with E-state index in [-0.39, 0.29) is 11.3 Å². The van der Waals surface area contributed by atoms with Gasteiger partial charge in [0, 0.05) is 33.3 Å². The minimum absolute atomic E-state index is 0.0998. The van der Waals surface area contributed by atoms with Gasteiger partial charge in [0.15, 0.2) is 0 Å². The van der Waals surface area contributed by atoms with Crippen LogP contribution in [0.15, 0.2) is 17.1 Å². The van der Waals surface area contributed by atoms with Crippen molar-refractivity contribution in [2.75, 3.05) is 34.4 Å². The van der Waals surface area contributed by atoms with Crippen molar-refractivity contribution in [2.45, 2.75) is 0 Å². The number of halogens is 1. The lowest BCUT2D eigenvalue weighted by atomic mass is 10.2. The van der Waals surface area contributed by atoms with Crippen LogP contribution < -0.4 is 4.74 Å². The maximum Gasteiger partial charge on any atom is 0.146 e. The Kier molecular flexibility index (Phi) is 5.76. The van der Waals surface area contributed by atoms with Crippen molar-refractivity contribution >= 4 is 12.0 Å². The molecule has 0 aliphatic rings. The Bertz CT molecular complexity index is 495. The third kappa shape index (κ3) is 4.56. The average molecular weight is 265 g/mol. The second kappa shape index (κ2) is 7.34. The SMILES string of the molecule is COCCOc1cc(F)c(C#N)c(N=CN(C)C)c1. The highest BCUT2D eigenvalue weighted by Gasteiger charge is 2.11. The molecule has 0 saturated carbocycles. The molecule has 5 nitrogen and oxygen atoms in total. The topological polar surface area (TPSA) is 57.9 Å². The van der Waals surface area contributed by atoms with Crippen molar-refractivity contribution in [3.8, 4) is 11.8 Å². The van der Waals surface area contributed by atoms with Crippen LogP contribution in [0.4, 0.5) is 10.1 Å². The van der Waals surface area contributed by atoms with Gasteiger partial charge in [-0.05, 0) is 0 Å². The predicted octanol–water partition coefficient (Wildman–Crippen LogP) is 1.94. The minimum Gasteiger partial charge on any atom is -0.491 e. The Balaban J connectivity index is 3.01. The normalized spacial score (nSPS) is 10.5. The van der Waals surface area contributed by atoms with Gasteiger partial charge in [-0.1, -0.05) is 0 Å². The summed E-state index contributed by atoms with van der Waals surface area (Å²) >= 11 is 0. The van der Waals surface area contributed by atoms with Crippen molar-refractivity contribution in [3.63, 3.8) is 0 Å². The Morgan fingerprint density at radius 1 is 1.42 bits per heavy atom. The van der Waals surface area contributed by atoms with Crippen molar-refractivity contribution in [1.82, 2.24) is 4.90 Å². The van der Waals surface area contributed by atoms with E-state index >= 15 is 0 Å². The zero-order valence-corrected chi connectivity index (χ0v) is 11.2. The zero-order chi connectivity index (χ0) is 14.3. The molecule has 0 spiro atoms. The third-order valence-corrected chi connectivity index (χ3v) is 2.14. The second-order valence-electron chi connectivity index (χ2n) is 3.96. The molecule has 0 aliphatic carbocycles. The number of hydrogen-bond donors (Lipinski definition) is 0. The first-order valence-corrected chi connectivity index (χ1v) is 5.64. The fourth-order valence-corrected chi connectivity index (χ4v) is 1.28. The molecule has 1 aromatic rings. The minimum atomic E-state index is -0.650. The Morgan fingerprint density at radius 2 is 2.16 bits per heavy atom. The highest BCUT2D eigenvalue weighted by atomic mass is 19.1. The van der Waals surface area contributed by atoms with Crippen LogP contribution in [0, 0.1) is 17.1 Å². The number of hydrogen-bond acceptors (Lipinski definition) is 4. The summed E-state index contributed by atoms with van der Waals surface area (Å²) in [6.07, 6.45) is 1.49. The first-order chi connectivity index (χ1) is 9.08. The van der Waals surface area contributed by atoms with Crippen molar-refractivity contribution in [2.24, 2.45) is 4.99 Å². The van der Waals surface area contributed by atoms with Crippen molar-refractivity contribution < 1.29 is 13.9 Å². The standard InChI is InChI=1S/C13H16FN3O2/c1-17(2)9-16-13-7-10(19-5-4-18-3)6-12(14)11(13)8-15/h6-7,9H,4-5H2,1-3H3. The Labute approximate surface area is 111 Å². The molecular weight excluding hydrogens is 249 g/mol. The van der Waals surface area contributed by atoms with E-state index < -0.39 is 5.82 Å². The van der Waals surface area contributed by atoms with E-state index in [9.17, 15) is 4.39 Å². The van der Waals surface area contributed by atoms with E-state index in [1.807, 2.05) is 0 Å². The van der Waals surface area contributed by atoms with Crippen LogP contribution in [0.3, 0.4) is 0 Å². The van der Waals surface area contributed by atoms with E-state index in [0.29, 0.717) is 19.0 Å². The zero-order valence-electron chi connectivity index (χ0n) is 11.2. The van der Waals surface area contributed by atoms with Gasteiger partial charge in [-0.3, -0.25) is 0 Å². The number of ether oxygens (including phenoxy) is 2. The van der Waals surface area contributed by atoms with E-state index in [1.165, 1.54) is 18.5 Å². The molecule has 1 rings (SSSR count). The first kappa shape index (κ1) is 14.9. The second-order valence-corrected chi connectivity index (χ2v) is 3.96. The monoisotopic (exact) mass is 265 g/mol. The van der Waals surface area contributed by atoms with E-state index in [2.05, 4.69) is 4.99 Å². The van der Waals surface area contributed by atoms with Gasteiger partial charge in [-0.25, -0.2) is 9.38 Å². The van der Waals surface area contributed by atoms with Gasteiger partial charge in [0.1, 0.15) is 29.8 Å². The molecule has 0 fully saturated rings. The summed E-state index contributed by atoms with van der Waals surface area (Å²) in [6.45, 7) is 0.705. The first-order valence-electron chi connectivity index (χ1n) is 5.64. The molecule has 0 heterocycles. The smallest absolute Gasteiger partial charge is 0.146 e. The summed E-state index contributed by atoms with van der Waals surface area (Å²) in [4.78, 5) is 5.75. The van der Waals surface area contributed by atoms with Crippen LogP contribution in [0.1, 0.15) is 5.56 Å². The van der Waals surface area contributed by atoms with Crippen molar-refractivity contribution in [3.05, 3.63) is 23.5 Å². The maximum atomic E-state index is 13.7. The largest absolute Gasteiger partial charge is 0.491 e. The molecule has 1 aromatic carbocycles. The number of aliphatic imine (C=N–C) groups is 1. The quantitative estimate of drug-likeness (QED) is 0.448. The van der Waals surface area contributed by atoms with Gasteiger partial charge < -0.3 is 14.4 Å². The van der Waals surface area contributed by atoms with Gasteiger partial charge in [0.25, 0.3) is 0 Å². The summed E-state index contributed by atoms with van der Waals surface area (Å²) in [5.41, 5.74) is 0.140.